The highest BCUT2D eigenvalue weighted by atomic mass is 32.2. The van der Waals surface area contributed by atoms with Crippen molar-refractivity contribution in [1.29, 1.82) is 0 Å². The first-order valence-corrected chi connectivity index (χ1v) is 11.0. The van der Waals surface area contributed by atoms with Crippen molar-refractivity contribution in [3.05, 3.63) is 53.6 Å². The molecule has 3 rings (SSSR count). The average Bonchev–Trinajstić information content (AvgIpc) is 2.70. The molecule has 7 heteroatoms. The smallest absolute Gasteiger partial charge is 0.255 e. The first kappa shape index (κ1) is 20.4. The highest BCUT2D eigenvalue weighted by Crippen LogP contribution is 2.27. The second-order valence-electron chi connectivity index (χ2n) is 6.83. The number of amides is 1. The highest BCUT2D eigenvalue weighted by Gasteiger charge is 2.28. The fraction of sp³-hybridized carbons (Fsp3) is 0.381. The van der Waals surface area contributed by atoms with Crippen LogP contribution in [-0.2, 0) is 10.0 Å². The van der Waals surface area contributed by atoms with Crippen molar-refractivity contribution in [3.63, 3.8) is 0 Å². The zero-order valence-corrected chi connectivity index (χ0v) is 17.1. The Kier molecular flexibility index (Phi) is 6.36. The summed E-state index contributed by atoms with van der Waals surface area (Å²) in [6.45, 7) is 5.16. The van der Waals surface area contributed by atoms with Gasteiger partial charge in [0.1, 0.15) is 5.75 Å². The van der Waals surface area contributed by atoms with Crippen molar-refractivity contribution >= 4 is 21.6 Å². The molecule has 1 heterocycles. The zero-order chi connectivity index (χ0) is 20.1. The molecule has 28 heavy (non-hydrogen) atoms. The number of carbonyl (C=O) groups excluding carboxylic acids is 1. The van der Waals surface area contributed by atoms with Crippen LogP contribution in [0.2, 0.25) is 0 Å². The number of hydrogen-bond acceptors (Lipinski definition) is 4. The summed E-state index contributed by atoms with van der Waals surface area (Å²) in [7, 11) is -3.61. The molecule has 1 saturated heterocycles. The Morgan fingerprint density at radius 2 is 1.82 bits per heavy atom. The third-order valence-electron chi connectivity index (χ3n) is 4.82. The molecule has 0 radical (unpaired) electrons. The molecule has 2 aromatic carbocycles. The Hall–Kier alpha value is -2.38. The summed E-state index contributed by atoms with van der Waals surface area (Å²) in [5.74, 6) is 0.203. The summed E-state index contributed by atoms with van der Waals surface area (Å²) in [5.41, 5.74) is 1.49. The normalized spacial score (nSPS) is 15.2. The summed E-state index contributed by atoms with van der Waals surface area (Å²) in [5, 5.41) is 2.82. The average molecular weight is 403 g/mol. The standard InChI is InChI=1S/C21H26N2O4S/c1-3-27-19-10-6-5-9-18(19)22-21(24)17-12-11-16(2)20(15-17)28(25,26)23-13-7-4-8-14-23/h5-6,9-12,15H,3-4,7-8,13-14H2,1-2H3,(H,22,24). The van der Waals surface area contributed by atoms with Crippen LogP contribution in [0.5, 0.6) is 5.75 Å². The molecule has 0 unspecified atom stereocenters. The van der Waals surface area contributed by atoms with E-state index in [1.165, 1.54) is 10.4 Å². The number of nitrogens with one attached hydrogen (secondary N) is 1. The van der Waals surface area contributed by atoms with Crippen LogP contribution in [0.3, 0.4) is 0 Å². The summed E-state index contributed by atoms with van der Waals surface area (Å²) in [6, 6.07) is 12.0. The van der Waals surface area contributed by atoms with E-state index in [1.807, 2.05) is 13.0 Å². The van der Waals surface area contributed by atoms with Gasteiger partial charge in [0.25, 0.3) is 5.91 Å². The van der Waals surface area contributed by atoms with Gasteiger partial charge in [-0.05, 0) is 56.5 Å². The van der Waals surface area contributed by atoms with E-state index in [0.717, 1.165) is 19.3 Å². The molecule has 6 nitrogen and oxygen atoms in total. The van der Waals surface area contributed by atoms with E-state index in [2.05, 4.69) is 5.32 Å². The first-order valence-electron chi connectivity index (χ1n) is 9.57. The predicted octanol–water partition coefficient (Wildman–Crippen LogP) is 3.82. The molecule has 1 aliphatic rings. The first-order chi connectivity index (χ1) is 13.4. The molecule has 0 atom stereocenters. The molecule has 0 aromatic heterocycles. The molecule has 2 aromatic rings. The number of anilines is 1. The van der Waals surface area contributed by atoms with E-state index in [9.17, 15) is 13.2 Å². The number of piperidine rings is 1. The molecule has 1 fully saturated rings. The Balaban J connectivity index is 1.88. The van der Waals surface area contributed by atoms with Crippen LogP contribution in [0.1, 0.15) is 42.1 Å². The van der Waals surface area contributed by atoms with Gasteiger partial charge in [0.05, 0.1) is 17.2 Å². The lowest BCUT2D eigenvalue weighted by atomic mass is 10.1. The van der Waals surface area contributed by atoms with Gasteiger partial charge in [-0.2, -0.15) is 4.31 Å². The van der Waals surface area contributed by atoms with E-state index in [4.69, 9.17) is 4.74 Å². The Labute approximate surface area is 166 Å². The van der Waals surface area contributed by atoms with Crippen molar-refractivity contribution in [2.24, 2.45) is 0 Å². The van der Waals surface area contributed by atoms with Crippen LogP contribution in [0.15, 0.2) is 47.4 Å². The number of aryl methyl sites for hydroxylation is 1. The zero-order valence-electron chi connectivity index (χ0n) is 16.3. The summed E-state index contributed by atoms with van der Waals surface area (Å²) < 4.78 is 33.2. The van der Waals surface area contributed by atoms with Crippen LogP contribution in [0.4, 0.5) is 5.69 Å². The minimum absolute atomic E-state index is 0.195. The van der Waals surface area contributed by atoms with Gasteiger partial charge in [-0.15, -0.1) is 0 Å². The van der Waals surface area contributed by atoms with Gasteiger partial charge in [0.15, 0.2) is 0 Å². The van der Waals surface area contributed by atoms with Crippen LogP contribution in [0, 0.1) is 6.92 Å². The molecular formula is C21H26N2O4S. The molecule has 1 N–H and O–H groups in total. The van der Waals surface area contributed by atoms with Crippen LogP contribution < -0.4 is 10.1 Å². The lowest BCUT2D eigenvalue weighted by molar-refractivity contribution is 0.102. The monoisotopic (exact) mass is 402 g/mol. The molecule has 0 aliphatic carbocycles. The van der Waals surface area contributed by atoms with E-state index in [-0.39, 0.29) is 10.8 Å². The number of hydrogen-bond donors (Lipinski definition) is 1. The van der Waals surface area contributed by atoms with Gasteiger partial charge in [-0.25, -0.2) is 8.42 Å². The Morgan fingerprint density at radius 1 is 1.11 bits per heavy atom. The van der Waals surface area contributed by atoms with Gasteiger partial charge in [-0.3, -0.25) is 4.79 Å². The fourth-order valence-corrected chi connectivity index (χ4v) is 5.08. The van der Waals surface area contributed by atoms with E-state index in [1.54, 1.807) is 37.3 Å². The largest absolute Gasteiger partial charge is 0.492 e. The second-order valence-corrected chi connectivity index (χ2v) is 8.73. The SMILES string of the molecule is CCOc1ccccc1NC(=O)c1ccc(C)c(S(=O)(=O)N2CCCCC2)c1. The van der Waals surface area contributed by atoms with Crippen LogP contribution in [0.25, 0.3) is 0 Å². The lowest BCUT2D eigenvalue weighted by Gasteiger charge is -2.26. The molecule has 0 spiro atoms. The fourth-order valence-electron chi connectivity index (χ4n) is 3.31. The number of para-hydroxylation sites is 2. The quantitative estimate of drug-likeness (QED) is 0.797. The third-order valence-corrected chi connectivity index (χ3v) is 6.86. The maximum Gasteiger partial charge on any atom is 0.255 e. The van der Waals surface area contributed by atoms with Crippen molar-refractivity contribution in [1.82, 2.24) is 4.31 Å². The summed E-state index contributed by atoms with van der Waals surface area (Å²) >= 11 is 0. The number of sulfonamides is 1. The maximum absolute atomic E-state index is 13.1. The van der Waals surface area contributed by atoms with Gasteiger partial charge < -0.3 is 10.1 Å². The van der Waals surface area contributed by atoms with Crippen molar-refractivity contribution in [2.45, 2.75) is 38.0 Å². The molecule has 1 aliphatic heterocycles. The number of carbonyl (C=O) groups is 1. The summed E-state index contributed by atoms with van der Waals surface area (Å²) in [6.07, 6.45) is 2.78. The number of ether oxygens (including phenoxy) is 1. The van der Waals surface area contributed by atoms with Crippen LogP contribution >= 0.6 is 0 Å². The third kappa shape index (κ3) is 4.36. The van der Waals surface area contributed by atoms with Gasteiger partial charge in [0, 0.05) is 18.7 Å². The Morgan fingerprint density at radius 3 is 2.54 bits per heavy atom. The molecular weight excluding hydrogens is 376 g/mol. The van der Waals surface area contributed by atoms with Crippen molar-refractivity contribution < 1.29 is 17.9 Å². The number of rotatable bonds is 6. The van der Waals surface area contributed by atoms with Gasteiger partial charge in [-0.1, -0.05) is 24.6 Å². The number of benzene rings is 2. The van der Waals surface area contributed by atoms with Crippen LogP contribution in [-0.4, -0.2) is 38.3 Å². The summed E-state index contributed by atoms with van der Waals surface area (Å²) in [4.78, 5) is 13.0. The predicted molar refractivity (Wildman–Crippen MR) is 109 cm³/mol. The molecule has 0 bridgehead atoms. The van der Waals surface area contributed by atoms with E-state index >= 15 is 0 Å². The second kappa shape index (κ2) is 8.75. The van der Waals surface area contributed by atoms with Gasteiger partial charge >= 0.3 is 0 Å². The maximum atomic E-state index is 13.1. The Bertz CT molecular complexity index is 951. The topological polar surface area (TPSA) is 75.7 Å². The van der Waals surface area contributed by atoms with Crippen molar-refractivity contribution in [2.75, 3.05) is 25.0 Å². The van der Waals surface area contributed by atoms with E-state index in [0.29, 0.717) is 42.3 Å². The van der Waals surface area contributed by atoms with Crippen molar-refractivity contribution in [3.8, 4) is 5.75 Å². The van der Waals surface area contributed by atoms with E-state index < -0.39 is 10.0 Å². The minimum atomic E-state index is -3.61. The molecule has 1 amide bonds. The number of nitrogens with zero attached hydrogens (tertiary/aromatic N) is 1. The lowest BCUT2D eigenvalue weighted by Crippen LogP contribution is -2.36. The minimum Gasteiger partial charge on any atom is -0.492 e. The highest BCUT2D eigenvalue weighted by molar-refractivity contribution is 7.89. The van der Waals surface area contributed by atoms with Gasteiger partial charge in [0.2, 0.25) is 10.0 Å². The molecule has 0 saturated carbocycles. The molecule has 150 valence electrons.